The zero-order valence-corrected chi connectivity index (χ0v) is 15.7. The van der Waals surface area contributed by atoms with Gasteiger partial charge in [0.05, 0.1) is 12.7 Å². The van der Waals surface area contributed by atoms with Crippen LogP contribution in [0.3, 0.4) is 0 Å². The zero-order chi connectivity index (χ0) is 21.2. The molecule has 0 spiro atoms. The summed E-state index contributed by atoms with van der Waals surface area (Å²) in [4.78, 5) is 22.9. The van der Waals surface area contributed by atoms with Crippen molar-refractivity contribution in [3.63, 3.8) is 0 Å². The number of carbonyl (C=O) groups excluding carboxylic acids is 1. The van der Waals surface area contributed by atoms with Crippen LogP contribution in [0.5, 0.6) is 0 Å². The minimum Gasteiger partial charge on any atom is -0.479 e. The van der Waals surface area contributed by atoms with E-state index in [1.165, 1.54) is 21.0 Å². The highest BCUT2D eigenvalue weighted by molar-refractivity contribution is 5.73. The maximum absolute atomic E-state index is 11.6. The number of hydrogen-bond acceptors (Lipinski definition) is 10. The largest absolute Gasteiger partial charge is 0.479 e. The quantitative estimate of drug-likeness (QED) is 0.259. The summed E-state index contributed by atoms with van der Waals surface area (Å²) in [5, 5.41) is 52.1. The first-order valence-corrected chi connectivity index (χ1v) is 8.76. The van der Waals surface area contributed by atoms with Crippen molar-refractivity contribution in [2.75, 3.05) is 13.7 Å². The second-order valence-electron chi connectivity index (χ2n) is 6.88. The van der Waals surface area contributed by atoms with Crippen LogP contribution in [0.1, 0.15) is 13.8 Å². The van der Waals surface area contributed by atoms with E-state index in [1.807, 2.05) is 0 Å². The van der Waals surface area contributed by atoms with Crippen LogP contribution in [-0.2, 0) is 28.5 Å². The third-order valence-electron chi connectivity index (χ3n) is 4.92. The summed E-state index contributed by atoms with van der Waals surface area (Å²) in [5.74, 6) is -2.78. The minimum absolute atomic E-state index is 0.499. The van der Waals surface area contributed by atoms with Crippen molar-refractivity contribution < 1.29 is 54.1 Å². The van der Waals surface area contributed by atoms with Gasteiger partial charge in [0.1, 0.15) is 30.5 Å². The topological polar surface area (TPSA) is 184 Å². The van der Waals surface area contributed by atoms with Gasteiger partial charge in [-0.1, -0.05) is 6.92 Å². The molecule has 1 amide bonds. The van der Waals surface area contributed by atoms with Crippen LogP contribution in [0, 0.1) is 5.92 Å². The Kier molecular flexibility index (Phi) is 7.70. The standard InChI is InChI=1S/C16H27NO11/c1-5-9(20)11(22)16(27-12(5)14(23)24)28-13-8(17-6(2)19)15(25-3)26-7(4-18)10(13)21/h5,7-13,15-16,18,20-22H,4H2,1-3H3,(H,17,19)(H,23,24)/t5?,7?,8?,9-,10+,11?,12?,13+,15+,16-/m0/s1. The van der Waals surface area contributed by atoms with Crippen molar-refractivity contribution in [1.29, 1.82) is 0 Å². The van der Waals surface area contributed by atoms with Crippen molar-refractivity contribution in [2.45, 2.75) is 69.1 Å². The summed E-state index contributed by atoms with van der Waals surface area (Å²) in [5.41, 5.74) is 0. The van der Waals surface area contributed by atoms with Gasteiger partial charge < -0.3 is 49.8 Å². The molecule has 2 heterocycles. The predicted octanol–water partition coefficient (Wildman–Crippen LogP) is -3.23. The number of aliphatic hydroxyl groups excluding tert-OH is 4. The van der Waals surface area contributed by atoms with Gasteiger partial charge in [0.25, 0.3) is 0 Å². The van der Waals surface area contributed by atoms with Crippen LogP contribution < -0.4 is 5.32 Å². The number of amides is 1. The molecule has 28 heavy (non-hydrogen) atoms. The van der Waals surface area contributed by atoms with Crippen LogP contribution in [0.2, 0.25) is 0 Å². The van der Waals surface area contributed by atoms with Crippen LogP contribution in [-0.4, -0.2) is 106 Å². The molecular weight excluding hydrogens is 382 g/mol. The molecule has 10 atom stereocenters. The summed E-state index contributed by atoms with van der Waals surface area (Å²) in [7, 11) is 1.28. The highest BCUT2D eigenvalue weighted by Crippen LogP contribution is 2.31. The van der Waals surface area contributed by atoms with Crippen molar-refractivity contribution in [2.24, 2.45) is 5.92 Å². The molecule has 12 nitrogen and oxygen atoms in total. The number of carbonyl (C=O) groups is 2. The molecule has 5 unspecified atom stereocenters. The molecule has 2 fully saturated rings. The van der Waals surface area contributed by atoms with Gasteiger partial charge in [-0.3, -0.25) is 4.79 Å². The van der Waals surface area contributed by atoms with E-state index >= 15 is 0 Å². The number of methoxy groups -OCH3 is 1. The normalized spacial score (nSPS) is 44.1. The maximum Gasteiger partial charge on any atom is 0.333 e. The summed E-state index contributed by atoms with van der Waals surface area (Å²) < 4.78 is 21.4. The fourth-order valence-corrected chi connectivity index (χ4v) is 3.37. The maximum atomic E-state index is 11.6. The zero-order valence-electron chi connectivity index (χ0n) is 15.7. The third kappa shape index (κ3) is 4.60. The first-order chi connectivity index (χ1) is 13.1. The average Bonchev–Trinajstić information content (AvgIpc) is 2.64. The summed E-state index contributed by atoms with van der Waals surface area (Å²) >= 11 is 0. The first-order valence-electron chi connectivity index (χ1n) is 8.76. The van der Waals surface area contributed by atoms with Crippen molar-refractivity contribution >= 4 is 11.9 Å². The van der Waals surface area contributed by atoms with Crippen LogP contribution in [0.25, 0.3) is 0 Å². The lowest BCUT2D eigenvalue weighted by atomic mass is 9.90. The molecule has 0 aromatic carbocycles. The molecule has 2 saturated heterocycles. The Hall–Kier alpha value is -1.38. The summed E-state index contributed by atoms with van der Waals surface area (Å²) in [6, 6.07) is -1.07. The van der Waals surface area contributed by atoms with Gasteiger partial charge >= 0.3 is 5.97 Å². The lowest BCUT2D eigenvalue weighted by Crippen LogP contribution is -2.67. The minimum atomic E-state index is -1.63. The Bertz CT molecular complexity index is 561. The molecule has 0 aliphatic carbocycles. The fourth-order valence-electron chi connectivity index (χ4n) is 3.37. The van der Waals surface area contributed by atoms with Crippen molar-refractivity contribution in [3.05, 3.63) is 0 Å². The van der Waals surface area contributed by atoms with Gasteiger partial charge in [-0.25, -0.2) is 4.79 Å². The van der Waals surface area contributed by atoms with E-state index in [9.17, 15) is 35.1 Å². The number of aliphatic hydroxyl groups is 4. The monoisotopic (exact) mass is 409 g/mol. The molecule has 2 rings (SSSR count). The van der Waals surface area contributed by atoms with Crippen LogP contribution in [0.4, 0.5) is 0 Å². The Balaban J connectivity index is 2.29. The molecule has 162 valence electrons. The van der Waals surface area contributed by atoms with Gasteiger partial charge in [0.15, 0.2) is 18.7 Å². The number of ether oxygens (including phenoxy) is 4. The van der Waals surface area contributed by atoms with E-state index in [2.05, 4.69) is 5.32 Å². The number of nitrogens with one attached hydrogen (secondary N) is 1. The van der Waals surface area contributed by atoms with Gasteiger partial charge in [-0.15, -0.1) is 0 Å². The van der Waals surface area contributed by atoms with E-state index in [0.29, 0.717) is 0 Å². The Labute approximate surface area is 160 Å². The van der Waals surface area contributed by atoms with Crippen LogP contribution >= 0.6 is 0 Å². The molecule has 0 bridgehead atoms. The van der Waals surface area contributed by atoms with E-state index in [4.69, 9.17) is 18.9 Å². The van der Waals surface area contributed by atoms with Crippen LogP contribution in [0.15, 0.2) is 0 Å². The molecular formula is C16H27NO11. The molecule has 2 aliphatic rings. The number of hydrogen-bond donors (Lipinski definition) is 6. The number of carboxylic acid groups (broad SMARTS) is 1. The number of carboxylic acids is 1. The molecule has 6 N–H and O–H groups in total. The molecule has 0 aromatic rings. The lowest BCUT2D eigenvalue weighted by molar-refractivity contribution is -0.333. The summed E-state index contributed by atoms with van der Waals surface area (Å²) in [6.45, 7) is 2.01. The third-order valence-corrected chi connectivity index (χ3v) is 4.92. The Morgan fingerprint density at radius 1 is 1.07 bits per heavy atom. The van der Waals surface area contributed by atoms with Crippen molar-refractivity contribution in [1.82, 2.24) is 5.32 Å². The highest BCUT2D eigenvalue weighted by Gasteiger charge is 2.51. The highest BCUT2D eigenvalue weighted by atomic mass is 16.7. The Morgan fingerprint density at radius 3 is 2.21 bits per heavy atom. The smallest absolute Gasteiger partial charge is 0.333 e. The lowest BCUT2D eigenvalue weighted by Gasteiger charge is -2.47. The predicted molar refractivity (Wildman–Crippen MR) is 88.7 cm³/mol. The van der Waals surface area contributed by atoms with Gasteiger partial charge in [-0.05, 0) is 0 Å². The van der Waals surface area contributed by atoms with E-state index in [0.717, 1.165) is 0 Å². The average molecular weight is 409 g/mol. The number of aliphatic carboxylic acids is 1. The molecule has 0 aromatic heterocycles. The van der Waals surface area contributed by atoms with E-state index in [1.54, 1.807) is 0 Å². The molecule has 0 saturated carbocycles. The first kappa shape index (κ1) is 22.9. The SMILES string of the molecule is CO[C@@H]1OC(CO)[C@@H](O)[C@H](O[C@@H]2OC(C(=O)O)C(C)[C@H](O)C2O)C1NC(C)=O. The van der Waals surface area contributed by atoms with Gasteiger partial charge in [0.2, 0.25) is 5.91 Å². The fraction of sp³-hybridized carbons (Fsp3) is 0.875. The van der Waals surface area contributed by atoms with Gasteiger partial charge in [-0.2, -0.15) is 0 Å². The summed E-state index contributed by atoms with van der Waals surface area (Å²) in [6.07, 6.45) is -11.2. The second kappa shape index (κ2) is 9.41. The Morgan fingerprint density at radius 2 is 1.71 bits per heavy atom. The van der Waals surface area contributed by atoms with Crippen molar-refractivity contribution in [3.8, 4) is 0 Å². The number of rotatable bonds is 6. The van der Waals surface area contributed by atoms with E-state index in [-0.39, 0.29) is 0 Å². The molecule has 0 radical (unpaired) electrons. The second-order valence-corrected chi connectivity index (χ2v) is 6.88. The van der Waals surface area contributed by atoms with Gasteiger partial charge in [0, 0.05) is 20.0 Å². The van der Waals surface area contributed by atoms with E-state index < -0.39 is 79.6 Å². The molecule has 12 heteroatoms. The molecule has 2 aliphatic heterocycles.